The second-order valence-corrected chi connectivity index (χ2v) is 4.60. The van der Waals surface area contributed by atoms with Gasteiger partial charge in [0.05, 0.1) is 0 Å². The number of hydrogen-bond donors (Lipinski definition) is 1. The van der Waals surface area contributed by atoms with Gasteiger partial charge in [0.2, 0.25) is 11.7 Å². The summed E-state index contributed by atoms with van der Waals surface area (Å²) in [5, 5.41) is 7.36. The predicted octanol–water partition coefficient (Wildman–Crippen LogP) is 0.696. The molecule has 0 aliphatic heterocycles. The van der Waals surface area contributed by atoms with E-state index in [0.29, 0.717) is 9.25 Å². The van der Waals surface area contributed by atoms with Gasteiger partial charge in [-0.3, -0.25) is 9.36 Å². The van der Waals surface area contributed by atoms with E-state index in [2.05, 4.69) is 15.4 Å². The lowest BCUT2D eigenvalue weighted by Gasteiger charge is -2.02. The van der Waals surface area contributed by atoms with Crippen molar-refractivity contribution in [2.45, 2.75) is 12.7 Å². The smallest absolute Gasteiger partial charge is 0.300 e. The second-order valence-electron chi connectivity index (χ2n) is 3.71. The SMILES string of the molecule is Cn1c(C(F)(F)F)nn(CC(=O)Nc2nccs2)c1=O. The van der Waals surface area contributed by atoms with Gasteiger partial charge in [0.1, 0.15) is 6.54 Å². The maximum absolute atomic E-state index is 12.5. The minimum absolute atomic E-state index is 0.287. The molecule has 0 fully saturated rings. The van der Waals surface area contributed by atoms with E-state index < -0.39 is 30.1 Å². The van der Waals surface area contributed by atoms with Crippen LogP contribution in [0.5, 0.6) is 0 Å². The van der Waals surface area contributed by atoms with Gasteiger partial charge in [-0.2, -0.15) is 13.2 Å². The molecule has 2 aromatic heterocycles. The van der Waals surface area contributed by atoms with Crippen molar-refractivity contribution in [3.63, 3.8) is 0 Å². The lowest BCUT2D eigenvalue weighted by atomic mass is 10.6. The molecule has 0 radical (unpaired) electrons. The highest BCUT2D eigenvalue weighted by atomic mass is 32.1. The highest BCUT2D eigenvalue weighted by Crippen LogP contribution is 2.25. The zero-order chi connectivity index (χ0) is 14.9. The summed E-state index contributed by atoms with van der Waals surface area (Å²) in [5.74, 6) is -2.04. The molecule has 0 aliphatic rings. The Kier molecular flexibility index (Phi) is 3.61. The Hall–Kier alpha value is -2.17. The predicted molar refractivity (Wildman–Crippen MR) is 63.2 cm³/mol. The number of carbonyl (C=O) groups is 1. The van der Waals surface area contributed by atoms with Crippen molar-refractivity contribution in [2.75, 3.05) is 5.32 Å². The number of nitrogens with zero attached hydrogens (tertiary/aromatic N) is 4. The van der Waals surface area contributed by atoms with Crippen molar-refractivity contribution in [3.8, 4) is 0 Å². The maximum Gasteiger partial charge on any atom is 0.451 e. The summed E-state index contributed by atoms with van der Waals surface area (Å²) < 4.78 is 38.4. The third-order valence-electron chi connectivity index (χ3n) is 2.27. The van der Waals surface area contributed by atoms with E-state index in [1.54, 1.807) is 5.38 Å². The zero-order valence-corrected chi connectivity index (χ0v) is 10.8. The molecule has 1 N–H and O–H groups in total. The van der Waals surface area contributed by atoms with E-state index >= 15 is 0 Å². The fraction of sp³-hybridized carbons (Fsp3) is 0.333. The number of aromatic nitrogens is 4. The highest BCUT2D eigenvalue weighted by Gasteiger charge is 2.38. The molecule has 20 heavy (non-hydrogen) atoms. The van der Waals surface area contributed by atoms with Crippen LogP contribution in [-0.4, -0.2) is 25.2 Å². The average Bonchev–Trinajstić information content (AvgIpc) is 2.92. The number of carbonyl (C=O) groups excluding carboxylic acids is 1. The Bertz CT molecular complexity index is 673. The van der Waals surface area contributed by atoms with E-state index in [1.165, 1.54) is 6.20 Å². The highest BCUT2D eigenvalue weighted by molar-refractivity contribution is 7.13. The molecule has 0 spiro atoms. The Labute approximate surface area is 113 Å². The average molecular weight is 307 g/mol. The molecular weight excluding hydrogens is 299 g/mol. The molecule has 108 valence electrons. The Morgan fingerprint density at radius 3 is 2.70 bits per heavy atom. The van der Waals surface area contributed by atoms with Gasteiger partial charge in [0.25, 0.3) is 0 Å². The quantitative estimate of drug-likeness (QED) is 0.905. The largest absolute Gasteiger partial charge is 0.451 e. The molecular formula is C9H8F3N5O2S. The molecule has 7 nitrogen and oxygen atoms in total. The number of thiazole rings is 1. The topological polar surface area (TPSA) is 81.8 Å². The van der Waals surface area contributed by atoms with Gasteiger partial charge < -0.3 is 5.32 Å². The number of anilines is 1. The normalized spacial score (nSPS) is 11.6. The molecule has 2 heterocycles. The van der Waals surface area contributed by atoms with Crippen molar-refractivity contribution in [1.29, 1.82) is 0 Å². The number of amides is 1. The summed E-state index contributed by atoms with van der Waals surface area (Å²) >= 11 is 1.14. The summed E-state index contributed by atoms with van der Waals surface area (Å²) in [4.78, 5) is 26.9. The molecule has 0 saturated carbocycles. The fourth-order valence-electron chi connectivity index (χ4n) is 1.42. The number of halogens is 3. The zero-order valence-electron chi connectivity index (χ0n) is 10.0. The third kappa shape index (κ3) is 2.87. The van der Waals surface area contributed by atoms with Crippen LogP contribution in [0.15, 0.2) is 16.4 Å². The van der Waals surface area contributed by atoms with E-state index in [9.17, 15) is 22.8 Å². The van der Waals surface area contributed by atoms with E-state index in [4.69, 9.17) is 0 Å². The van der Waals surface area contributed by atoms with Gasteiger partial charge in [0, 0.05) is 18.6 Å². The van der Waals surface area contributed by atoms with Crippen LogP contribution >= 0.6 is 11.3 Å². The molecule has 0 atom stereocenters. The second kappa shape index (κ2) is 5.07. The van der Waals surface area contributed by atoms with Crippen molar-refractivity contribution in [3.05, 3.63) is 27.9 Å². The lowest BCUT2D eigenvalue weighted by Crippen LogP contribution is -2.29. The van der Waals surface area contributed by atoms with Gasteiger partial charge in [0.15, 0.2) is 5.13 Å². The molecule has 0 saturated heterocycles. The van der Waals surface area contributed by atoms with Crippen molar-refractivity contribution < 1.29 is 18.0 Å². The van der Waals surface area contributed by atoms with Gasteiger partial charge in [-0.15, -0.1) is 16.4 Å². The van der Waals surface area contributed by atoms with E-state index in [0.717, 1.165) is 18.4 Å². The van der Waals surface area contributed by atoms with Crippen LogP contribution in [0.2, 0.25) is 0 Å². The first-order valence-electron chi connectivity index (χ1n) is 5.19. The number of rotatable bonds is 3. The third-order valence-corrected chi connectivity index (χ3v) is 2.95. The van der Waals surface area contributed by atoms with Crippen LogP contribution in [0.25, 0.3) is 0 Å². The van der Waals surface area contributed by atoms with Gasteiger partial charge in [-0.05, 0) is 0 Å². The molecule has 1 amide bonds. The maximum atomic E-state index is 12.5. The fourth-order valence-corrected chi connectivity index (χ4v) is 1.96. The first kappa shape index (κ1) is 14.2. The van der Waals surface area contributed by atoms with Crippen molar-refractivity contribution in [1.82, 2.24) is 19.3 Å². The molecule has 0 unspecified atom stereocenters. The minimum atomic E-state index is -4.76. The molecule has 2 aromatic rings. The monoisotopic (exact) mass is 307 g/mol. The summed E-state index contributed by atoms with van der Waals surface area (Å²) in [5.41, 5.74) is -1.02. The van der Waals surface area contributed by atoms with Crippen LogP contribution < -0.4 is 11.0 Å². The molecule has 11 heteroatoms. The van der Waals surface area contributed by atoms with E-state index in [1.807, 2.05) is 0 Å². The van der Waals surface area contributed by atoms with Crippen molar-refractivity contribution in [2.24, 2.45) is 7.05 Å². The first-order chi connectivity index (χ1) is 9.29. The number of alkyl halides is 3. The number of hydrogen-bond acceptors (Lipinski definition) is 5. The van der Waals surface area contributed by atoms with Crippen LogP contribution in [-0.2, 0) is 24.6 Å². The molecule has 2 rings (SSSR count). The Morgan fingerprint density at radius 1 is 1.50 bits per heavy atom. The molecule has 0 aliphatic carbocycles. The van der Waals surface area contributed by atoms with Crippen LogP contribution in [0.1, 0.15) is 5.82 Å². The van der Waals surface area contributed by atoms with Crippen LogP contribution in [0.3, 0.4) is 0 Å². The van der Waals surface area contributed by atoms with Gasteiger partial charge in [-0.25, -0.2) is 14.5 Å². The van der Waals surface area contributed by atoms with Gasteiger partial charge in [-0.1, -0.05) is 0 Å². The summed E-state index contributed by atoms with van der Waals surface area (Å²) in [6, 6.07) is 0. The summed E-state index contributed by atoms with van der Waals surface area (Å²) in [7, 11) is 0.938. The lowest BCUT2D eigenvalue weighted by molar-refractivity contribution is -0.147. The Morgan fingerprint density at radius 2 is 2.20 bits per heavy atom. The molecule has 0 bridgehead atoms. The minimum Gasteiger partial charge on any atom is -0.300 e. The summed E-state index contributed by atoms with van der Waals surface area (Å²) in [6.07, 6.45) is -3.31. The molecule has 0 aromatic carbocycles. The van der Waals surface area contributed by atoms with Crippen molar-refractivity contribution >= 4 is 22.4 Å². The van der Waals surface area contributed by atoms with E-state index in [-0.39, 0.29) is 5.13 Å². The Balaban J connectivity index is 2.18. The van der Waals surface area contributed by atoms with Crippen LogP contribution in [0, 0.1) is 0 Å². The summed E-state index contributed by atoms with van der Waals surface area (Å²) in [6.45, 7) is -0.623. The standard InChI is InChI=1S/C9H8F3N5O2S/c1-16-6(9(10,11)12)15-17(8(16)19)4-5(18)14-7-13-2-3-20-7/h2-3H,4H2,1H3,(H,13,14,18). The number of nitrogens with one attached hydrogen (secondary N) is 1. The first-order valence-corrected chi connectivity index (χ1v) is 6.07. The van der Waals surface area contributed by atoms with Crippen LogP contribution in [0.4, 0.5) is 18.3 Å². The van der Waals surface area contributed by atoms with Gasteiger partial charge >= 0.3 is 11.9 Å².